The molecule has 1 amide bonds. The summed E-state index contributed by atoms with van der Waals surface area (Å²) in [6.45, 7) is 7.09. The van der Waals surface area contributed by atoms with Crippen molar-refractivity contribution in [2.45, 2.75) is 59.4 Å². The van der Waals surface area contributed by atoms with E-state index in [-0.39, 0.29) is 12.3 Å². The average molecular weight is 429 g/mol. The topological polar surface area (TPSA) is 73.0 Å². The van der Waals surface area contributed by atoms with Crippen molar-refractivity contribution in [3.8, 4) is 11.4 Å². The first-order valence-corrected chi connectivity index (χ1v) is 11.3. The van der Waals surface area contributed by atoms with Crippen LogP contribution in [0, 0.1) is 20.8 Å². The summed E-state index contributed by atoms with van der Waals surface area (Å²) in [5.41, 5.74) is 6.89. The van der Waals surface area contributed by atoms with Gasteiger partial charge in [0, 0.05) is 35.2 Å². The van der Waals surface area contributed by atoms with Crippen molar-refractivity contribution in [3.63, 3.8) is 0 Å². The molecule has 4 aromatic rings. The molecular weight excluding hydrogens is 400 g/mol. The van der Waals surface area contributed by atoms with Gasteiger partial charge < -0.3 is 14.3 Å². The number of aromatic nitrogens is 3. The Morgan fingerprint density at radius 1 is 1.03 bits per heavy atom. The highest BCUT2D eigenvalue weighted by molar-refractivity contribution is 5.96. The van der Waals surface area contributed by atoms with Gasteiger partial charge in [-0.1, -0.05) is 18.6 Å². The molecule has 0 fully saturated rings. The van der Waals surface area contributed by atoms with E-state index in [0.717, 1.165) is 70.8 Å². The summed E-state index contributed by atoms with van der Waals surface area (Å²) in [6, 6.07) is 10.2. The molecule has 1 aliphatic heterocycles. The number of carbonyl (C=O) groups excluding carboxylic acids is 1. The van der Waals surface area contributed by atoms with E-state index < -0.39 is 0 Å². The minimum absolute atomic E-state index is 0.0637. The minimum Gasteiger partial charge on any atom is -0.464 e. The van der Waals surface area contributed by atoms with Crippen molar-refractivity contribution in [1.29, 1.82) is 0 Å². The predicted octanol–water partition coefficient (Wildman–Crippen LogP) is 5.52. The number of rotatable bonds is 4. The second-order valence-electron chi connectivity index (χ2n) is 8.85. The van der Waals surface area contributed by atoms with Gasteiger partial charge in [-0.25, -0.2) is 0 Å². The summed E-state index contributed by atoms with van der Waals surface area (Å²) in [5, 5.41) is 13.0. The number of aryl methyl sites for hydroxylation is 4. The molecule has 0 bridgehead atoms. The smallest absolute Gasteiger partial charge is 0.228 e. The summed E-state index contributed by atoms with van der Waals surface area (Å²) >= 11 is 0. The second kappa shape index (κ2) is 8.26. The molecule has 32 heavy (non-hydrogen) atoms. The minimum atomic E-state index is -0.0637. The van der Waals surface area contributed by atoms with Crippen LogP contribution in [0.15, 0.2) is 41.0 Å². The van der Waals surface area contributed by atoms with Gasteiger partial charge in [-0.3, -0.25) is 4.79 Å². The van der Waals surface area contributed by atoms with E-state index in [0.29, 0.717) is 0 Å². The van der Waals surface area contributed by atoms with E-state index in [2.05, 4.69) is 46.1 Å². The van der Waals surface area contributed by atoms with Crippen molar-refractivity contribution < 1.29 is 9.21 Å². The van der Waals surface area contributed by atoms with Gasteiger partial charge in [0.15, 0.2) is 5.82 Å². The van der Waals surface area contributed by atoms with Crippen molar-refractivity contribution in [1.82, 2.24) is 14.8 Å². The Balaban J connectivity index is 1.39. The number of nitrogens with zero attached hydrogens (tertiary/aromatic N) is 3. The lowest BCUT2D eigenvalue weighted by Crippen LogP contribution is -2.15. The van der Waals surface area contributed by atoms with Gasteiger partial charge in [-0.2, -0.15) is 0 Å². The first-order valence-electron chi connectivity index (χ1n) is 11.3. The highest BCUT2D eigenvalue weighted by Crippen LogP contribution is 2.28. The maximum absolute atomic E-state index is 12.9. The molecule has 2 aromatic heterocycles. The maximum Gasteiger partial charge on any atom is 0.228 e. The summed E-state index contributed by atoms with van der Waals surface area (Å²) < 4.78 is 7.92. The van der Waals surface area contributed by atoms with Gasteiger partial charge in [0.1, 0.15) is 11.4 Å². The Labute approximate surface area is 187 Å². The van der Waals surface area contributed by atoms with E-state index in [4.69, 9.17) is 4.42 Å². The quantitative estimate of drug-likeness (QED) is 0.464. The molecule has 0 atom stereocenters. The van der Waals surface area contributed by atoms with Crippen LogP contribution in [-0.4, -0.2) is 20.7 Å². The molecule has 0 aliphatic carbocycles. The largest absolute Gasteiger partial charge is 0.464 e. The van der Waals surface area contributed by atoms with E-state index in [1.807, 2.05) is 25.1 Å². The van der Waals surface area contributed by atoms with Crippen molar-refractivity contribution >= 4 is 22.6 Å². The third kappa shape index (κ3) is 3.81. The molecule has 0 saturated heterocycles. The molecule has 0 unspecified atom stereocenters. The molecule has 6 heteroatoms. The molecular formula is C26H28N4O2. The van der Waals surface area contributed by atoms with Crippen LogP contribution in [0.4, 0.5) is 5.69 Å². The van der Waals surface area contributed by atoms with Gasteiger partial charge in [-0.05, 0) is 68.5 Å². The number of anilines is 1. The molecule has 0 radical (unpaired) electrons. The third-order valence-electron chi connectivity index (χ3n) is 6.50. The first kappa shape index (κ1) is 20.5. The Bertz CT molecular complexity index is 1320. The van der Waals surface area contributed by atoms with Crippen molar-refractivity contribution in [2.24, 2.45) is 0 Å². The van der Waals surface area contributed by atoms with E-state index in [1.165, 1.54) is 17.5 Å². The SMILES string of the molecule is Cc1cc2occ(CC(=O)Nc3cc(-c4nnc5n4CCCCC5)ccc3C)c2cc1C. The summed E-state index contributed by atoms with van der Waals surface area (Å²) in [7, 11) is 0. The molecule has 0 saturated carbocycles. The monoisotopic (exact) mass is 428 g/mol. The van der Waals surface area contributed by atoms with Crippen LogP contribution in [-0.2, 0) is 24.2 Å². The van der Waals surface area contributed by atoms with Gasteiger partial charge >= 0.3 is 0 Å². The number of nitrogens with one attached hydrogen (secondary N) is 1. The highest BCUT2D eigenvalue weighted by atomic mass is 16.3. The number of benzene rings is 2. The Kier molecular flexibility index (Phi) is 5.29. The fourth-order valence-electron chi connectivity index (χ4n) is 4.43. The molecule has 1 N–H and O–H groups in total. The van der Waals surface area contributed by atoms with E-state index >= 15 is 0 Å². The fourth-order valence-corrected chi connectivity index (χ4v) is 4.43. The number of fused-ring (bicyclic) bond motifs is 2. The predicted molar refractivity (Wildman–Crippen MR) is 126 cm³/mol. The lowest BCUT2D eigenvalue weighted by Gasteiger charge is -2.12. The van der Waals surface area contributed by atoms with Gasteiger partial charge in [0.05, 0.1) is 12.7 Å². The van der Waals surface area contributed by atoms with Crippen LogP contribution < -0.4 is 5.32 Å². The normalized spacial score (nSPS) is 13.7. The Morgan fingerprint density at radius 3 is 2.75 bits per heavy atom. The summed E-state index contributed by atoms with van der Waals surface area (Å²) in [5.74, 6) is 1.87. The zero-order valence-corrected chi connectivity index (χ0v) is 18.9. The third-order valence-corrected chi connectivity index (χ3v) is 6.50. The fraction of sp³-hybridized carbons (Fsp3) is 0.346. The zero-order chi connectivity index (χ0) is 22.2. The molecule has 3 heterocycles. The van der Waals surface area contributed by atoms with Crippen LogP contribution in [0.5, 0.6) is 0 Å². The molecule has 2 aromatic carbocycles. The lowest BCUT2D eigenvalue weighted by molar-refractivity contribution is -0.115. The van der Waals surface area contributed by atoms with Crippen LogP contribution in [0.3, 0.4) is 0 Å². The van der Waals surface area contributed by atoms with Crippen LogP contribution in [0.25, 0.3) is 22.4 Å². The molecule has 164 valence electrons. The summed E-state index contributed by atoms with van der Waals surface area (Å²) in [4.78, 5) is 12.9. The van der Waals surface area contributed by atoms with Crippen LogP contribution in [0.2, 0.25) is 0 Å². The van der Waals surface area contributed by atoms with Crippen LogP contribution >= 0.6 is 0 Å². The van der Waals surface area contributed by atoms with Gasteiger partial charge in [0.2, 0.25) is 5.91 Å². The molecule has 5 rings (SSSR count). The highest BCUT2D eigenvalue weighted by Gasteiger charge is 2.18. The molecule has 6 nitrogen and oxygen atoms in total. The van der Waals surface area contributed by atoms with Crippen molar-refractivity contribution in [3.05, 3.63) is 64.7 Å². The lowest BCUT2D eigenvalue weighted by atomic mass is 10.0. The average Bonchev–Trinajstić information content (AvgIpc) is 3.25. The molecule has 1 aliphatic rings. The maximum atomic E-state index is 12.9. The Hall–Kier alpha value is -3.41. The standard InChI is InChI=1S/C26H28N4O2/c1-16-8-9-19(26-29-28-24-7-5-4-6-10-30(24)26)13-22(16)27-25(31)14-20-15-32-23-12-18(3)17(2)11-21(20)23/h8-9,11-13,15H,4-7,10,14H2,1-3H3,(H,27,31). The van der Waals surface area contributed by atoms with Gasteiger partial charge in [-0.15, -0.1) is 10.2 Å². The number of amides is 1. The first-order chi connectivity index (χ1) is 15.5. The van der Waals surface area contributed by atoms with E-state index in [9.17, 15) is 4.79 Å². The van der Waals surface area contributed by atoms with E-state index in [1.54, 1.807) is 6.26 Å². The second-order valence-corrected chi connectivity index (χ2v) is 8.85. The number of carbonyl (C=O) groups is 1. The summed E-state index contributed by atoms with van der Waals surface area (Å²) in [6.07, 6.45) is 6.46. The Morgan fingerprint density at radius 2 is 1.88 bits per heavy atom. The van der Waals surface area contributed by atoms with Crippen molar-refractivity contribution in [2.75, 3.05) is 5.32 Å². The van der Waals surface area contributed by atoms with Crippen LogP contribution in [0.1, 0.15) is 47.3 Å². The number of hydrogen-bond acceptors (Lipinski definition) is 4. The number of furan rings is 1. The zero-order valence-electron chi connectivity index (χ0n) is 18.9. The van der Waals surface area contributed by atoms with Gasteiger partial charge in [0.25, 0.3) is 0 Å². The number of hydrogen-bond donors (Lipinski definition) is 1. The molecule has 0 spiro atoms.